The third kappa shape index (κ3) is 4.72. The zero-order valence-electron chi connectivity index (χ0n) is 14.8. The molecule has 0 amide bonds. The molecule has 0 saturated carbocycles. The van der Waals surface area contributed by atoms with Gasteiger partial charge in [-0.05, 0) is 23.3 Å². The van der Waals surface area contributed by atoms with Crippen molar-refractivity contribution in [2.75, 3.05) is 0 Å². The largest absolute Gasteiger partial charge is 0.478 e. The molecule has 6 nitrogen and oxygen atoms in total. The van der Waals surface area contributed by atoms with Crippen molar-refractivity contribution in [1.29, 1.82) is 0 Å². The van der Waals surface area contributed by atoms with Crippen LogP contribution in [0.2, 0.25) is 0 Å². The molecule has 138 valence electrons. The van der Waals surface area contributed by atoms with Crippen LogP contribution in [0, 0.1) is 0 Å². The summed E-state index contributed by atoms with van der Waals surface area (Å²) in [5, 5.41) is 8.73. The number of carbonyl (C=O) groups excluding carboxylic acids is 1. The van der Waals surface area contributed by atoms with E-state index in [0.717, 1.165) is 22.5 Å². The summed E-state index contributed by atoms with van der Waals surface area (Å²) in [6.07, 6.45) is 4.67. The molecule has 2 heterocycles. The molecule has 0 aliphatic heterocycles. The maximum absolute atomic E-state index is 10.6. The quantitative estimate of drug-likeness (QED) is 0.347. The number of aliphatic imine (C=N–C) groups is 1. The van der Waals surface area contributed by atoms with Crippen LogP contribution in [-0.2, 0) is 4.79 Å². The Kier molecular flexibility index (Phi) is 5.98. The normalized spacial score (nSPS) is 9.71. The molecule has 28 heavy (non-hydrogen) atoms. The Labute approximate surface area is 161 Å². The minimum absolute atomic E-state index is 0.281. The van der Waals surface area contributed by atoms with Gasteiger partial charge in [-0.2, -0.15) is 4.99 Å². The number of carboxylic acids is 1. The lowest BCUT2D eigenvalue weighted by atomic mass is 10.1. The molecule has 0 atom stereocenters. The lowest BCUT2D eigenvalue weighted by Crippen LogP contribution is -1.91. The lowest BCUT2D eigenvalue weighted by molar-refractivity contribution is 0.0697. The number of rotatable bonds is 4. The monoisotopic (exact) mass is 371 g/mol. The van der Waals surface area contributed by atoms with Crippen molar-refractivity contribution in [2.45, 2.75) is 0 Å². The third-order valence-electron chi connectivity index (χ3n) is 3.94. The summed E-state index contributed by atoms with van der Waals surface area (Å²) in [5.74, 6) is -0.913. The van der Waals surface area contributed by atoms with E-state index in [4.69, 9.17) is 5.11 Å². The Morgan fingerprint density at radius 1 is 0.821 bits per heavy atom. The van der Waals surface area contributed by atoms with Crippen molar-refractivity contribution in [3.05, 3.63) is 90.8 Å². The first kappa shape index (κ1) is 18.6. The molecule has 6 heteroatoms. The fourth-order valence-electron chi connectivity index (χ4n) is 2.59. The second-order valence-corrected chi connectivity index (χ2v) is 5.81. The maximum atomic E-state index is 10.6. The molecule has 3 N–H and O–H groups in total. The number of aromatic carboxylic acids is 1. The van der Waals surface area contributed by atoms with Crippen molar-refractivity contribution in [2.24, 2.45) is 4.99 Å². The van der Waals surface area contributed by atoms with Gasteiger partial charge in [-0.1, -0.05) is 60.7 Å². The molecule has 0 unspecified atom stereocenters. The van der Waals surface area contributed by atoms with Gasteiger partial charge in [0.15, 0.2) is 0 Å². The number of hydrogen-bond acceptors (Lipinski definition) is 3. The van der Waals surface area contributed by atoms with Crippen molar-refractivity contribution in [1.82, 2.24) is 9.97 Å². The molecule has 0 spiro atoms. The van der Waals surface area contributed by atoms with Crippen LogP contribution >= 0.6 is 0 Å². The number of benzene rings is 2. The first-order valence-corrected chi connectivity index (χ1v) is 8.46. The van der Waals surface area contributed by atoms with E-state index in [1.807, 2.05) is 60.7 Å². The van der Waals surface area contributed by atoms with E-state index in [1.165, 1.54) is 12.3 Å². The van der Waals surface area contributed by atoms with E-state index in [9.17, 15) is 9.59 Å². The van der Waals surface area contributed by atoms with E-state index in [2.05, 4.69) is 15.0 Å². The second-order valence-electron chi connectivity index (χ2n) is 5.81. The smallest absolute Gasteiger partial charge is 0.337 e. The van der Waals surface area contributed by atoms with Crippen LogP contribution in [0.15, 0.2) is 90.2 Å². The molecule has 0 aliphatic carbocycles. The van der Waals surface area contributed by atoms with Crippen molar-refractivity contribution in [3.8, 4) is 22.5 Å². The maximum Gasteiger partial charge on any atom is 0.337 e. The molecule has 0 radical (unpaired) electrons. The lowest BCUT2D eigenvalue weighted by Gasteiger charge is -1.94. The second kappa shape index (κ2) is 8.98. The van der Waals surface area contributed by atoms with Gasteiger partial charge in [0.1, 0.15) is 0 Å². The van der Waals surface area contributed by atoms with Gasteiger partial charge in [0.25, 0.3) is 0 Å². The van der Waals surface area contributed by atoms with Crippen molar-refractivity contribution >= 4 is 17.7 Å². The van der Waals surface area contributed by atoms with Gasteiger partial charge in [0.2, 0.25) is 6.08 Å². The van der Waals surface area contributed by atoms with E-state index in [0.29, 0.717) is 5.69 Å². The summed E-state index contributed by atoms with van der Waals surface area (Å²) >= 11 is 0. The number of nitrogens with zero attached hydrogens (tertiary/aromatic N) is 1. The van der Waals surface area contributed by atoms with Crippen molar-refractivity contribution in [3.63, 3.8) is 0 Å². The topological polar surface area (TPSA) is 98.3 Å². The Balaban J connectivity index is 0.000000161. The number of hydrogen-bond donors (Lipinski definition) is 3. The highest BCUT2D eigenvalue weighted by atomic mass is 16.4. The molecule has 0 saturated heterocycles. The summed E-state index contributed by atoms with van der Waals surface area (Å²) in [6.45, 7) is 0. The van der Waals surface area contributed by atoms with E-state index >= 15 is 0 Å². The van der Waals surface area contributed by atoms with E-state index < -0.39 is 5.97 Å². The highest BCUT2D eigenvalue weighted by Gasteiger charge is 2.06. The standard InChI is InChI=1S/C11H8N2O.C11H9NO2/c14-8-13-10-6-11(12-7-10)9-4-2-1-3-5-9;13-11(14)9-6-10(12-7-9)8-4-2-1-3-5-8/h1-7,12H;1-7,12H,(H,13,14). The van der Waals surface area contributed by atoms with Gasteiger partial charge in [-0.3, -0.25) is 0 Å². The molecule has 4 rings (SSSR count). The number of aromatic nitrogens is 2. The number of aromatic amines is 2. The van der Waals surface area contributed by atoms with Crippen LogP contribution in [0.4, 0.5) is 5.69 Å². The van der Waals surface area contributed by atoms with Crippen LogP contribution in [0.25, 0.3) is 22.5 Å². The minimum atomic E-state index is -0.913. The number of H-pyrrole nitrogens is 2. The van der Waals surface area contributed by atoms with Gasteiger partial charge >= 0.3 is 5.97 Å². The van der Waals surface area contributed by atoms with Gasteiger partial charge in [-0.25, -0.2) is 9.59 Å². The van der Waals surface area contributed by atoms with Crippen LogP contribution < -0.4 is 0 Å². The Bertz CT molecular complexity index is 1020. The molecular formula is C22H17N3O3. The van der Waals surface area contributed by atoms with Crippen LogP contribution in [0.5, 0.6) is 0 Å². The predicted molar refractivity (Wildman–Crippen MR) is 107 cm³/mol. The SMILES string of the molecule is O=C(O)c1c[nH]c(-c2ccccc2)c1.O=C=Nc1c[nH]c(-c2ccccc2)c1. The fourth-order valence-corrected chi connectivity index (χ4v) is 2.59. The highest BCUT2D eigenvalue weighted by Crippen LogP contribution is 2.22. The summed E-state index contributed by atoms with van der Waals surface area (Å²) in [4.78, 5) is 30.1. The fraction of sp³-hybridized carbons (Fsp3) is 0. The van der Waals surface area contributed by atoms with Crippen LogP contribution in [0.1, 0.15) is 10.4 Å². The molecular weight excluding hydrogens is 354 g/mol. The first-order chi connectivity index (χ1) is 13.7. The third-order valence-corrected chi connectivity index (χ3v) is 3.94. The first-order valence-electron chi connectivity index (χ1n) is 8.46. The average Bonchev–Trinajstić information content (AvgIpc) is 3.40. The van der Waals surface area contributed by atoms with Gasteiger partial charge in [0.05, 0.1) is 11.3 Å². The van der Waals surface area contributed by atoms with Gasteiger partial charge < -0.3 is 15.1 Å². The summed E-state index contributed by atoms with van der Waals surface area (Å²) in [5.41, 5.74) is 4.70. The number of nitrogens with one attached hydrogen (secondary N) is 2. The number of carbonyl (C=O) groups is 1. The van der Waals surface area contributed by atoms with Crippen molar-refractivity contribution < 1.29 is 14.7 Å². The molecule has 0 bridgehead atoms. The molecule has 2 aromatic carbocycles. The van der Waals surface area contributed by atoms with Gasteiger partial charge in [-0.15, -0.1) is 0 Å². The van der Waals surface area contributed by atoms with E-state index in [-0.39, 0.29) is 5.56 Å². The van der Waals surface area contributed by atoms with Crippen LogP contribution in [0.3, 0.4) is 0 Å². The average molecular weight is 371 g/mol. The zero-order valence-corrected chi connectivity index (χ0v) is 14.8. The van der Waals surface area contributed by atoms with E-state index in [1.54, 1.807) is 18.3 Å². The molecule has 0 fully saturated rings. The summed E-state index contributed by atoms with van der Waals surface area (Å²) < 4.78 is 0. The van der Waals surface area contributed by atoms with Crippen LogP contribution in [-0.4, -0.2) is 27.1 Å². The Hall–Kier alpha value is -4.15. The molecule has 0 aliphatic rings. The predicted octanol–water partition coefficient (Wildman–Crippen LogP) is 5.03. The number of isocyanates is 1. The summed E-state index contributed by atoms with van der Waals surface area (Å²) in [6, 6.07) is 22.9. The zero-order chi connectivity index (χ0) is 19.8. The molecule has 2 aromatic heterocycles. The number of carboxylic acid groups (broad SMARTS) is 1. The Morgan fingerprint density at radius 2 is 1.36 bits per heavy atom. The highest BCUT2D eigenvalue weighted by molar-refractivity contribution is 5.89. The molecule has 4 aromatic rings. The Morgan fingerprint density at radius 3 is 1.86 bits per heavy atom. The minimum Gasteiger partial charge on any atom is -0.478 e. The summed E-state index contributed by atoms with van der Waals surface area (Å²) in [7, 11) is 0. The van der Waals surface area contributed by atoms with Gasteiger partial charge in [0, 0.05) is 23.8 Å².